The maximum Gasteiger partial charge on any atom is 0.407 e. The Kier molecular flexibility index (Phi) is 2.73. The highest BCUT2D eigenvalue weighted by atomic mass is 32.2. The van der Waals surface area contributed by atoms with E-state index in [2.05, 4.69) is 0 Å². The molecule has 80 valence electrons. The van der Waals surface area contributed by atoms with Gasteiger partial charge < -0.3 is 15.1 Å². The summed E-state index contributed by atoms with van der Waals surface area (Å²) in [6.07, 6.45) is -0.849. The second-order valence-corrected chi connectivity index (χ2v) is 4.80. The van der Waals surface area contributed by atoms with E-state index in [1.165, 1.54) is 4.90 Å². The predicted molar refractivity (Wildman–Crippen MR) is 57.3 cm³/mol. The van der Waals surface area contributed by atoms with Crippen LogP contribution in [0.25, 0.3) is 0 Å². The monoisotopic (exact) mass is 225 g/mol. The van der Waals surface area contributed by atoms with Crippen molar-refractivity contribution >= 4 is 17.9 Å². The van der Waals surface area contributed by atoms with Crippen molar-refractivity contribution in [3.8, 4) is 5.75 Å². The number of thioether (sulfide) groups is 1. The SMILES string of the molecule is O=C(O)N1CC(Sc2ccc(O)cc2)C1. The molecule has 1 aliphatic heterocycles. The molecule has 0 aliphatic carbocycles. The zero-order chi connectivity index (χ0) is 10.8. The van der Waals surface area contributed by atoms with Gasteiger partial charge in [0.2, 0.25) is 0 Å². The lowest BCUT2D eigenvalue weighted by Crippen LogP contribution is -2.51. The van der Waals surface area contributed by atoms with E-state index in [-0.39, 0.29) is 5.75 Å². The number of phenols is 1. The van der Waals surface area contributed by atoms with Crippen LogP contribution in [-0.4, -0.2) is 39.5 Å². The molecule has 1 aromatic rings. The van der Waals surface area contributed by atoms with E-state index in [0.717, 1.165) is 4.90 Å². The lowest BCUT2D eigenvalue weighted by Gasteiger charge is -2.36. The smallest absolute Gasteiger partial charge is 0.407 e. The van der Waals surface area contributed by atoms with Crippen molar-refractivity contribution in [2.45, 2.75) is 10.1 Å². The Bertz CT molecular complexity index is 359. The van der Waals surface area contributed by atoms with Crippen molar-refractivity contribution < 1.29 is 15.0 Å². The van der Waals surface area contributed by atoms with Crippen molar-refractivity contribution in [3.05, 3.63) is 24.3 Å². The molecule has 15 heavy (non-hydrogen) atoms. The Morgan fingerprint density at radius 2 is 1.93 bits per heavy atom. The van der Waals surface area contributed by atoms with E-state index >= 15 is 0 Å². The van der Waals surface area contributed by atoms with Crippen LogP contribution in [-0.2, 0) is 0 Å². The van der Waals surface area contributed by atoms with Crippen LogP contribution in [0.5, 0.6) is 5.75 Å². The summed E-state index contributed by atoms with van der Waals surface area (Å²) < 4.78 is 0. The first-order valence-corrected chi connectivity index (χ1v) is 5.46. The molecule has 0 saturated carbocycles. The molecule has 0 atom stereocenters. The van der Waals surface area contributed by atoms with Gasteiger partial charge >= 0.3 is 6.09 Å². The minimum Gasteiger partial charge on any atom is -0.508 e. The number of aromatic hydroxyl groups is 1. The number of carboxylic acid groups (broad SMARTS) is 1. The number of amides is 1. The molecule has 1 aromatic carbocycles. The Labute approximate surface area is 91.5 Å². The van der Waals surface area contributed by atoms with Gasteiger partial charge in [-0.3, -0.25) is 0 Å². The third kappa shape index (κ3) is 2.36. The zero-order valence-corrected chi connectivity index (χ0v) is 8.78. The molecule has 1 fully saturated rings. The summed E-state index contributed by atoms with van der Waals surface area (Å²) in [5.74, 6) is 0.250. The maximum absolute atomic E-state index is 10.5. The van der Waals surface area contributed by atoms with Gasteiger partial charge in [0.25, 0.3) is 0 Å². The summed E-state index contributed by atoms with van der Waals surface area (Å²) in [7, 11) is 0. The third-order valence-electron chi connectivity index (χ3n) is 2.26. The predicted octanol–water partition coefficient (Wildman–Crippen LogP) is 1.85. The van der Waals surface area contributed by atoms with Gasteiger partial charge in [-0.2, -0.15) is 0 Å². The van der Waals surface area contributed by atoms with Gasteiger partial charge in [0.1, 0.15) is 5.75 Å². The molecule has 4 nitrogen and oxygen atoms in total. The first-order chi connectivity index (χ1) is 7.15. The van der Waals surface area contributed by atoms with Crippen LogP contribution < -0.4 is 0 Å². The molecule has 0 bridgehead atoms. The number of benzene rings is 1. The second-order valence-electron chi connectivity index (χ2n) is 3.42. The maximum atomic E-state index is 10.5. The Balaban J connectivity index is 1.85. The molecular weight excluding hydrogens is 214 g/mol. The number of rotatable bonds is 2. The van der Waals surface area contributed by atoms with E-state index < -0.39 is 6.09 Å². The topological polar surface area (TPSA) is 60.8 Å². The van der Waals surface area contributed by atoms with Gasteiger partial charge in [-0.1, -0.05) is 0 Å². The molecule has 1 aliphatic rings. The molecular formula is C10H11NO3S. The molecule has 0 aromatic heterocycles. The molecule has 0 unspecified atom stereocenters. The summed E-state index contributed by atoms with van der Waals surface area (Å²) in [6.45, 7) is 1.17. The molecule has 1 heterocycles. The number of hydrogen-bond donors (Lipinski definition) is 2. The standard InChI is InChI=1S/C10H11NO3S/c12-7-1-3-8(4-2-7)15-9-5-11(6-9)10(13)14/h1-4,9,12H,5-6H2,(H,13,14). The number of hydrogen-bond acceptors (Lipinski definition) is 3. The highest BCUT2D eigenvalue weighted by molar-refractivity contribution is 8.00. The Morgan fingerprint density at radius 3 is 2.47 bits per heavy atom. The van der Waals surface area contributed by atoms with Crippen LogP contribution >= 0.6 is 11.8 Å². The van der Waals surface area contributed by atoms with Crippen LogP contribution in [0.3, 0.4) is 0 Å². The molecule has 2 N–H and O–H groups in total. The summed E-state index contributed by atoms with van der Waals surface area (Å²) in [6, 6.07) is 6.94. The largest absolute Gasteiger partial charge is 0.508 e. The summed E-state index contributed by atoms with van der Waals surface area (Å²) in [5, 5.41) is 18.1. The van der Waals surface area contributed by atoms with Crippen LogP contribution in [0.4, 0.5) is 4.79 Å². The average molecular weight is 225 g/mol. The van der Waals surface area contributed by atoms with Crippen molar-refractivity contribution in [1.82, 2.24) is 4.90 Å². The van der Waals surface area contributed by atoms with Crippen molar-refractivity contribution in [1.29, 1.82) is 0 Å². The first kappa shape index (κ1) is 10.2. The fraction of sp³-hybridized carbons (Fsp3) is 0.300. The first-order valence-electron chi connectivity index (χ1n) is 4.59. The van der Waals surface area contributed by atoms with Crippen LogP contribution in [0.15, 0.2) is 29.2 Å². The van der Waals surface area contributed by atoms with Crippen LogP contribution in [0.2, 0.25) is 0 Å². The highest BCUT2D eigenvalue weighted by Crippen LogP contribution is 2.30. The normalized spacial score (nSPS) is 16.1. The minimum absolute atomic E-state index is 0.250. The Morgan fingerprint density at radius 1 is 1.33 bits per heavy atom. The van der Waals surface area contributed by atoms with Gasteiger partial charge in [-0.15, -0.1) is 11.8 Å². The Hall–Kier alpha value is -1.36. The number of carbonyl (C=O) groups is 1. The number of phenolic OH excluding ortho intramolecular Hbond substituents is 1. The second kappa shape index (κ2) is 4.02. The van der Waals surface area contributed by atoms with Gasteiger partial charge in [0.05, 0.1) is 0 Å². The quantitative estimate of drug-likeness (QED) is 0.806. The van der Waals surface area contributed by atoms with Crippen molar-refractivity contribution in [2.24, 2.45) is 0 Å². The van der Waals surface area contributed by atoms with E-state index in [0.29, 0.717) is 18.3 Å². The van der Waals surface area contributed by atoms with E-state index in [1.54, 1.807) is 23.9 Å². The lowest BCUT2D eigenvalue weighted by atomic mass is 10.2. The number of nitrogens with zero attached hydrogens (tertiary/aromatic N) is 1. The van der Waals surface area contributed by atoms with E-state index in [9.17, 15) is 4.79 Å². The lowest BCUT2D eigenvalue weighted by molar-refractivity contribution is 0.121. The summed E-state index contributed by atoms with van der Waals surface area (Å²) >= 11 is 1.64. The molecule has 1 amide bonds. The van der Waals surface area contributed by atoms with Gasteiger partial charge in [0, 0.05) is 23.2 Å². The summed E-state index contributed by atoms with van der Waals surface area (Å²) in [4.78, 5) is 13.0. The average Bonchev–Trinajstić information content (AvgIpc) is 2.13. The fourth-order valence-corrected chi connectivity index (χ4v) is 2.57. The van der Waals surface area contributed by atoms with Gasteiger partial charge in [-0.05, 0) is 24.3 Å². The molecule has 1 saturated heterocycles. The van der Waals surface area contributed by atoms with Gasteiger partial charge in [-0.25, -0.2) is 4.79 Å². The van der Waals surface area contributed by atoms with E-state index in [1.807, 2.05) is 12.1 Å². The molecule has 0 spiro atoms. The van der Waals surface area contributed by atoms with Crippen molar-refractivity contribution in [3.63, 3.8) is 0 Å². The fourth-order valence-electron chi connectivity index (χ4n) is 1.39. The molecule has 5 heteroatoms. The number of likely N-dealkylation sites (tertiary alicyclic amines) is 1. The van der Waals surface area contributed by atoms with Gasteiger partial charge in [0.15, 0.2) is 0 Å². The third-order valence-corrected chi connectivity index (χ3v) is 3.43. The zero-order valence-electron chi connectivity index (χ0n) is 7.96. The van der Waals surface area contributed by atoms with Crippen LogP contribution in [0, 0.1) is 0 Å². The highest BCUT2D eigenvalue weighted by Gasteiger charge is 2.30. The summed E-state index contributed by atoms with van der Waals surface area (Å²) in [5.41, 5.74) is 0. The van der Waals surface area contributed by atoms with Crippen LogP contribution in [0.1, 0.15) is 0 Å². The molecule has 0 radical (unpaired) electrons. The van der Waals surface area contributed by atoms with E-state index in [4.69, 9.17) is 10.2 Å². The minimum atomic E-state index is -0.849. The van der Waals surface area contributed by atoms with Crippen molar-refractivity contribution in [2.75, 3.05) is 13.1 Å². The molecule has 2 rings (SSSR count).